The fourth-order valence-electron chi connectivity index (χ4n) is 2.61. The number of amides is 2. The van der Waals surface area contributed by atoms with E-state index in [-0.39, 0.29) is 11.8 Å². The number of carbonyl (C=O) groups excluding carboxylic acids is 2. The van der Waals surface area contributed by atoms with Gasteiger partial charge < -0.3 is 10.6 Å². The minimum Gasteiger partial charge on any atom is -0.351 e. The smallest absolute Gasteiger partial charge is 0.251 e. The van der Waals surface area contributed by atoms with Gasteiger partial charge >= 0.3 is 0 Å². The van der Waals surface area contributed by atoms with E-state index in [9.17, 15) is 9.59 Å². The Kier molecular flexibility index (Phi) is 5.01. The van der Waals surface area contributed by atoms with Crippen molar-refractivity contribution in [1.82, 2.24) is 5.32 Å². The molecule has 0 bridgehead atoms. The first-order valence-electron chi connectivity index (χ1n) is 7.71. The number of rotatable bonds is 5. The largest absolute Gasteiger partial charge is 0.351 e. The summed E-state index contributed by atoms with van der Waals surface area (Å²) in [6, 6.07) is 15.1. The lowest BCUT2D eigenvalue weighted by Crippen LogP contribution is -2.28. The minimum atomic E-state index is -0.274. The van der Waals surface area contributed by atoms with Crippen molar-refractivity contribution in [2.45, 2.75) is 10.8 Å². The second-order valence-corrected chi connectivity index (χ2v) is 6.59. The Hall–Kier alpha value is -2.53. The molecule has 1 atom stereocenters. The van der Waals surface area contributed by atoms with E-state index in [0.29, 0.717) is 23.7 Å². The van der Waals surface area contributed by atoms with Crippen molar-refractivity contribution < 1.29 is 9.59 Å². The van der Waals surface area contributed by atoms with Crippen LogP contribution in [0.4, 0.5) is 5.69 Å². The zero-order valence-electron chi connectivity index (χ0n) is 13.1. The molecule has 1 aliphatic heterocycles. The normalized spacial score (nSPS) is 15.4. The van der Waals surface area contributed by atoms with Gasteiger partial charge in [-0.2, -0.15) is 0 Å². The quantitative estimate of drug-likeness (QED) is 0.821. The summed E-state index contributed by atoms with van der Waals surface area (Å²) in [6.45, 7) is 4.03. The second kappa shape index (κ2) is 7.36. The van der Waals surface area contributed by atoms with Gasteiger partial charge in [0.15, 0.2) is 0 Å². The van der Waals surface area contributed by atoms with Crippen LogP contribution >= 0.6 is 11.8 Å². The Morgan fingerprint density at radius 2 is 1.92 bits per heavy atom. The molecule has 2 aromatic carbocycles. The Morgan fingerprint density at radius 1 is 1.17 bits per heavy atom. The van der Waals surface area contributed by atoms with E-state index in [2.05, 4.69) is 29.3 Å². The van der Waals surface area contributed by atoms with Crippen LogP contribution in [0.5, 0.6) is 0 Å². The van der Waals surface area contributed by atoms with Crippen LogP contribution < -0.4 is 10.6 Å². The van der Waals surface area contributed by atoms with Crippen molar-refractivity contribution in [3.05, 3.63) is 72.3 Å². The molecule has 1 aliphatic rings. The summed E-state index contributed by atoms with van der Waals surface area (Å²) < 4.78 is 0. The first kappa shape index (κ1) is 16.3. The second-order valence-electron chi connectivity index (χ2n) is 5.53. The summed E-state index contributed by atoms with van der Waals surface area (Å²) in [7, 11) is 0. The number of carbonyl (C=O) groups is 2. The van der Waals surface area contributed by atoms with E-state index < -0.39 is 0 Å². The van der Waals surface area contributed by atoms with Crippen molar-refractivity contribution in [2.75, 3.05) is 17.6 Å². The highest BCUT2D eigenvalue weighted by Crippen LogP contribution is 2.38. The molecule has 0 aliphatic carbocycles. The fourth-order valence-corrected chi connectivity index (χ4v) is 3.87. The summed E-state index contributed by atoms with van der Waals surface area (Å²) in [4.78, 5) is 24.8. The number of nitrogens with one attached hydrogen (secondary N) is 2. The van der Waals surface area contributed by atoms with Gasteiger partial charge in [0.25, 0.3) is 5.91 Å². The summed E-state index contributed by atoms with van der Waals surface area (Å²) >= 11 is 1.83. The molecule has 5 heteroatoms. The third-order valence-corrected chi connectivity index (χ3v) is 5.16. The van der Waals surface area contributed by atoms with Crippen LogP contribution in [0.1, 0.15) is 21.8 Å². The lowest BCUT2D eigenvalue weighted by molar-refractivity contribution is -0.111. The monoisotopic (exact) mass is 338 g/mol. The number of anilines is 1. The number of hydrogen-bond acceptors (Lipinski definition) is 3. The van der Waals surface area contributed by atoms with E-state index in [1.807, 2.05) is 23.9 Å². The van der Waals surface area contributed by atoms with Crippen LogP contribution in [0.3, 0.4) is 0 Å². The molecule has 3 rings (SSSR count). The highest BCUT2D eigenvalue weighted by molar-refractivity contribution is 7.99. The molecule has 0 saturated carbocycles. The van der Waals surface area contributed by atoms with Gasteiger partial charge in [0.2, 0.25) is 5.91 Å². The minimum absolute atomic E-state index is 0.106. The lowest BCUT2D eigenvalue weighted by Gasteiger charge is -2.12. The van der Waals surface area contributed by atoms with Gasteiger partial charge in [-0.15, -0.1) is 11.8 Å². The summed E-state index contributed by atoms with van der Waals surface area (Å²) in [5.74, 6) is 0.962. The third-order valence-electron chi connectivity index (χ3n) is 3.91. The van der Waals surface area contributed by atoms with Gasteiger partial charge in [-0.25, -0.2) is 0 Å². The zero-order chi connectivity index (χ0) is 16.9. The summed E-state index contributed by atoms with van der Waals surface area (Å²) in [5.41, 5.74) is 2.52. The van der Waals surface area contributed by atoms with Crippen LogP contribution in [-0.4, -0.2) is 24.1 Å². The van der Waals surface area contributed by atoms with Gasteiger partial charge in [-0.05, 0) is 42.0 Å². The molecular formula is C19H18N2O2S. The molecule has 2 aromatic rings. The maximum absolute atomic E-state index is 12.3. The third kappa shape index (κ3) is 3.68. The van der Waals surface area contributed by atoms with Crippen LogP contribution in [0.25, 0.3) is 0 Å². The van der Waals surface area contributed by atoms with Crippen molar-refractivity contribution >= 4 is 29.3 Å². The van der Waals surface area contributed by atoms with Gasteiger partial charge in [0, 0.05) is 34.4 Å². The maximum atomic E-state index is 12.3. The Bertz CT molecular complexity index is 771. The topological polar surface area (TPSA) is 58.2 Å². The van der Waals surface area contributed by atoms with Crippen LogP contribution in [0.2, 0.25) is 0 Å². The molecule has 1 unspecified atom stereocenters. The Labute approximate surface area is 145 Å². The maximum Gasteiger partial charge on any atom is 0.251 e. The van der Waals surface area contributed by atoms with E-state index in [1.165, 1.54) is 16.5 Å². The van der Waals surface area contributed by atoms with Gasteiger partial charge in [0.1, 0.15) is 0 Å². The average molecular weight is 338 g/mol. The zero-order valence-corrected chi connectivity index (χ0v) is 13.9. The van der Waals surface area contributed by atoms with E-state index in [1.54, 1.807) is 24.3 Å². The average Bonchev–Trinajstić information content (AvgIpc) is 3.03. The van der Waals surface area contributed by atoms with Crippen molar-refractivity contribution in [1.29, 1.82) is 0 Å². The molecule has 4 nitrogen and oxygen atoms in total. The number of hydrogen-bond donors (Lipinski definition) is 2. The molecule has 0 radical (unpaired) electrons. The SMILES string of the molecule is C=CC(=O)Nc1ccc(C(=O)NCC2CSc3ccccc32)cc1. The number of fused-ring (bicyclic) bond motifs is 1. The molecule has 0 spiro atoms. The molecule has 122 valence electrons. The molecule has 1 heterocycles. The molecule has 24 heavy (non-hydrogen) atoms. The van der Waals surface area contributed by atoms with E-state index >= 15 is 0 Å². The summed E-state index contributed by atoms with van der Waals surface area (Å²) in [6.07, 6.45) is 1.21. The van der Waals surface area contributed by atoms with E-state index in [0.717, 1.165) is 5.75 Å². The fraction of sp³-hybridized carbons (Fsp3) is 0.158. The first-order valence-corrected chi connectivity index (χ1v) is 8.69. The van der Waals surface area contributed by atoms with Crippen LogP contribution in [-0.2, 0) is 4.79 Å². The molecule has 0 saturated heterocycles. The highest BCUT2D eigenvalue weighted by atomic mass is 32.2. The highest BCUT2D eigenvalue weighted by Gasteiger charge is 2.23. The van der Waals surface area contributed by atoms with Crippen LogP contribution in [0.15, 0.2) is 66.1 Å². The van der Waals surface area contributed by atoms with E-state index in [4.69, 9.17) is 0 Å². The van der Waals surface area contributed by atoms with Crippen molar-refractivity contribution in [3.63, 3.8) is 0 Å². The van der Waals surface area contributed by atoms with Gasteiger partial charge in [-0.1, -0.05) is 24.8 Å². The number of benzene rings is 2. The standard InChI is InChI=1S/C19H18N2O2S/c1-2-18(22)21-15-9-7-13(8-10-15)19(23)20-11-14-12-24-17-6-4-3-5-16(14)17/h2-10,14H,1,11-12H2,(H,20,23)(H,21,22). The Morgan fingerprint density at radius 3 is 2.67 bits per heavy atom. The van der Waals surface area contributed by atoms with Crippen LogP contribution in [0, 0.1) is 0 Å². The van der Waals surface area contributed by atoms with Crippen molar-refractivity contribution in [2.24, 2.45) is 0 Å². The molecule has 2 N–H and O–H groups in total. The lowest BCUT2D eigenvalue weighted by atomic mass is 10.0. The van der Waals surface area contributed by atoms with Gasteiger partial charge in [0.05, 0.1) is 0 Å². The predicted octanol–water partition coefficient (Wildman–Crippen LogP) is 3.43. The predicted molar refractivity (Wildman–Crippen MR) is 97.5 cm³/mol. The summed E-state index contributed by atoms with van der Waals surface area (Å²) in [5, 5.41) is 5.65. The van der Waals surface area contributed by atoms with Crippen molar-refractivity contribution in [3.8, 4) is 0 Å². The molecule has 2 amide bonds. The van der Waals surface area contributed by atoms with Gasteiger partial charge in [-0.3, -0.25) is 9.59 Å². The first-order chi connectivity index (χ1) is 11.7. The molecule has 0 fully saturated rings. The Balaban J connectivity index is 1.58. The number of thioether (sulfide) groups is 1. The molecule has 0 aromatic heterocycles. The molecular weight excluding hydrogens is 320 g/mol.